The molecule has 0 aliphatic carbocycles. The van der Waals surface area contributed by atoms with Crippen LogP contribution in [0.25, 0.3) is 0 Å². The molecule has 0 fully saturated rings. The molecule has 0 radical (unpaired) electrons. The molecule has 1 aromatic heterocycles. The lowest BCUT2D eigenvalue weighted by Crippen LogP contribution is -2.17. The van der Waals surface area contributed by atoms with E-state index in [4.69, 9.17) is 0 Å². The van der Waals surface area contributed by atoms with Gasteiger partial charge in [-0.1, -0.05) is 12.1 Å². The van der Waals surface area contributed by atoms with Gasteiger partial charge in [0.15, 0.2) is 0 Å². The molecule has 0 aliphatic rings. The molecule has 0 saturated heterocycles. The Labute approximate surface area is 127 Å². The van der Waals surface area contributed by atoms with Crippen molar-refractivity contribution in [3.8, 4) is 0 Å². The molecule has 0 aliphatic heterocycles. The molecule has 2 amide bonds. The van der Waals surface area contributed by atoms with Crippen LogP contribution in [0.2, 0.25) is 0 Å². The van der Waals surface area contributed by atoms with Gasteiger partial charge in [0.25, 0.3) is 5.91 Å². The van der Waals surface area contributed by atoms with Crippen molar-refractivity contribution in [2.45, 2.75) is 0 Å². The normalized spacial score (nSPS) is 10.2. The summed E-state index contributed by atoms with van der Waals surface area (Å²) in [6.07, 6.45) is 4.00. The first-order valence-corrected chi connectivity index (χ1v) is 6.37. The van der Waals surface area contributed by atoms with Crippen LogP contribution in [0.4, 0.5) is 10.5 Å². The number of ether oxygens (including phenoxy) is 1. The Morgan fingerprint density at radius 1 is 1.23 bits per heavy atom. The van der Waals surface area contributed by atoms with E-state index < -0.39 is 6.09 Å². The lowest BCUT2D eigenvalue weighted by Gasteiger charge is -2.03. The Kier molecular flexibility index (Phi) is 5.20. The number of methoxy groups -OCH3 is 1. The van der Waals surface area contributed by atoms with Crippen molar-refractivity contribution in [3.63, 3.8) is 0 Å². The summed E-state index contributed by atoms with van der Waals surface area (Å²) in [6, 6.07) is 10.2. The van der Waals surface area contributed by atoms with Crippen LogP contribution in [0.3, 0.4) is 0 Å². The van der Waals surface area contributed by atoms with E-state index in [1.807, 2.05) is 0 Å². The molecule has 2 aromatic rings. The molecule has 0 unspecified atom stereocenters. The average molecular weight is 298 g/mol. The highest BCUT2D eigenvalue weighted by atomic mass is 16.5. The van der Waals surface area contributed by atoms with Crippen molar-refractivity contribution in [1.82, 2.24) is 10.4 Å². The summed E-state index contributed by atoms with van der Waals surface area (Å²) in [5.41, 5.74) is 4.20. The highest BCUT2D eigenvalue weighted by Crippen LogP contribution is 2.08. The van der Waals surface area contributed by atoms with Gasteiger partial charge < -0.3 is 4.74 Å². The number of rotatable bonds is 4. The number of amides is 2. The standard InChI is InChI=1S/C15H14N4O3/c1-22-15(21)18-13-6-4-11(5-7-13)9-17-19-14(20)12-3-2-8-16-10-12/h2-10H,1H3,(H,18,21)(H,19,20). The molecule has 2 rings (SSSR count). The molecule has 7 nitrogen and oxygen atoms in total. The van der Waals surface area contributed by atoms with Gasteiger partial charge in [-0.3, -0.25) is 15.1 Å². The molecule has 0 atom stereocenters. The highest BCUT2D eigenvalue weighted by Gasteiger charge is 2.02. The molecule has 7 heteroatoms. The summed E-state index contributed by atoms with van der Waals surface area (Å²) in [5, 5.41) is 6.39. The third kappa shape index (κ3) is 4.41. The number of pyridine rings is 1. The minimum atomic E-state index is -0.537. The number of aromatic nitrogens is 1. The van der Waals surface area contributed by atoms with E-state index in [0.717, 1.165) is 5.56 Å². The van der Waals surface area contributed by atoms with Gasteiger partial charge in [0.05, 0.1) is 18.9 Å². The lowest BCUT2D eigenvalue weighted by atomic mass is 10.2. The Morgan fingerprint density at radius 2 is 2.00 bits per heavy atom. The van der Waals surface area contributed by atoms with E-state index in [-0.39, 0.29) is 5.91 Å². The minimum Gasteiger partial charge on any atom is -0.453 e. The van der Waals surface area contributed by atoms with Gasteiger partial charge in [0.1, 0.15) is 0 Å². The van der Waals surface area contributed by atoms with Crippen LogP contribution in [-0.4, -0.2) is 30.3 Å². The largest absolute Gasteiger partial charge is 0.453 e. The second-order valence-electron chi connectivity index (χ2n) is 4.18. The first-order chi connectivity index (χ1) is 10.7. The summed E-state index contributed by atoms with van der Waals surface area (Å²) in [5.74, 6) is -0.340. The summed E-state index contributed by atoms with van der Waals surface area (Å²) in [6.45, 7) is 0. The number of anilines is 1. The van der Waals surface area contributed by atoms with Crippen molar-refractivity contribution in [1.29, 1.82) is 0 Å². The molecular formula is C15H14N4O3. The second kappa shape index (κ2) is 7.53. The number of carbonyl (C=O) groups is 2. The van der Waals surface area contributed by atoms with Gasteiger partial charge in [-0.25, -0.2) is 10.2 Å². The fourth-order valence-corrected chi connectivity index (χ4v) is 1.55. The maximum absolute atomic E-state index is 11.7. The average Bonchev–Trinajstić information content (AvgIpc) is 2.57. The van der Waals surface area contributed by atoms with Crippen LogP contribution in [0.1, 0.15) is 15.9 Å². The maximum atomic E-state index is 11.7. The molecular weight excluding hydrogens is 284 g/mol. The Bertz CT molecular complexity index is 669. The molecule has 112 valence electrons. The van der Waals surface area contributed by atoms with Crippen LogP contribution in [0.15, 0.2) is 53.9 Å². The van der Waals surface area contributed by atoms with Crippen molar-refractivity contribution in [2.24, 2.45) is 5.10 Å². The second-order valence-corrected chi connectivity index (χ2v) is 4.18. The third-order valence-corrected chi connectivity index (χ3v) is 2.65. The van der Waals surface area contributed by atoms with Crippen molar-refractivity contribution in [2.75, 3.05) is 12.4 Å². The predicted octanol–water partition coefficient (Wildman–Crippen LogP) is 2.02. The Hall–Kier alpha value is -3.22. The first-order valence-electron chi connectivity index (χ1n) is 6.37. The SMILES string of the molecule is COC(=O)Nc1ccc(C=NNC(=O)c2cccnc2)cc1. The third-order valence-electron chi connectivity index (χ3n) is 2.65. The van der Waals surface area contributed by atoms with E-state index in [2.05, 4.69) is 25.6 Å². The maximum Gasteiger partial charge on any atom is 0.411 e. The van der Waals surface area contributed by atoms with Crippen molar-refractivity contribution in [3.05, 3.63) is 59.9 Å². The van der Waals surface area contributed by atoms with Crippen LogP contribution in [0, 0.1) is 0 Å². The van der Waals surface area contributed by atoms with Crippen LogP contribution in [0.5, 0.6) is 0 Å². The fourth-order valence-electron chi connectivity index (χ4n) is 1.55. The molecule has 0 saturated carbocycles. The number of hydrogen-bond acceptors (Lipinski definition) is 5. The number of nitrogens with one attached hydrogen (secondary N) is 2. The first kappa shape index (κ1) is 15.2. The van der Waals surface area contributed by atoms with Crippen LogP contribution < -0.4 is 10.7 Å². The minimum absolute atomic E-state index is 0.340. The Balaban J connectivity index is 1.90. The number of benzene rings is 1. The lowest BCUT2D eigenvalue weighted by molar-refractivity contribution is 0.0954. The van der Waals surface area contributed by atoms with Gasteiger partial charge >= 0.3 is 6.09 Å². The van der Waals surface area contributed by atoms with Crippen molar-refractivity contribution < 1.29 is 14.3 Å². The number of hydrazone groups is 1. The van der Waals surface area contributed by atoms with E-state index in [1.165, 1.54) is 19.5 Å². The molecule has 1 heterocycles. The van der Waals surface area contributed by atoms with Crippen molar-refractivity contribution >= 4 is 23.9 Å². The van der Waals surface area contributed by atoms with Gasteiger partial charge in [0.2, 0.25) is 0 Å². The highest BCUT2D eigenvalue weighted by molar-refractivity contribution is 5.94. The summed E-state index contributed by atoms with van der Waals surface area (Å²) in [7, 11) is 1.29. The summed E-state index contributed by atoms with van der Waals surface area (Å²) in [4.78, 5) is 26.6. The van der Waals surface area contributed by atoms with Gasteiger partial charge in [-0.05, 0) is 29.8 Å². The molecule has 0 bridgehead atoms. The van der Waals surface area contributed by atoms with Gasteiger partial charge in [-0.2, -0.15) is 5.10 Å². The monoisotopic (exact) mass is 298 g/mol. The van der Waals surface area contributed by atoms with E-state index in [9.17, 15) is 9.59 Å². The van der Waals surface area contributed by atoms with Gasteiger partial charge in [-0.15, -0.1) is 0 Å². The van der Waals surface area contributed by atoms with Crippen LogP contribution in [-0.2, 0) is 4.74 Å². The number of carbonyl (C=O) groups excluding carboxylic acids is 2. The topological polar surface area (TPSA) is 92.7 Å². The quantitative estimate of drug-likeness (QED) is 0.667. The molecule has 2 N–H and O–H groups in total. The van der Waals surface area contributed by atoms with E-state index in [0.29, 0.717) is 11.3 Å². The van der Waals surface area contributed by atoms with E-state index in [1.54, 1.807) is 42.6 Å². The molecule has 0 spiro atoms. The zero-order chi connectivity index (χ0) is 15.8. The fraction of sp³-hybridized carbons (Fsp3) is 0.0667. The summed E-state index contributed by atoms with van der Waals surface area (Å²) < 4.78 is 4.49. The summed E-state index contributed by atoms with van der Waals surface area (Å²) >= 11 is 0. The number of nitrogens with zero attached hydrogens (tertiary/aromatic N) is 2. The van der Waals surface area contributed by atoms with E-state index >= 15 is 0 Å². The molecule has 22 heavy (non-hydrogen) atoms. The predicted molar refractivity (Wildman–Crippen MR) is 81.8 cm³/mol. The smallest absolute Gasteiger partial charge is 0.411 e. The number of hydrogen-bond donors (Lipinski definition) is 2. The van der Waals surface area contributed by atoms with Crippen LogP contribution >= 0.6 is 0 Å². The zero-order valence-corrected chi connectivity index (χ0v) is 11.8. The molecule has 1 aromatic carbocycles. The van der Waals surface area contributed by atoms with Gasteiger partial charge in [0, 0.05) is 18.1 Å². The Morgan fingerprint density at radius 3 is 2.64 bits per heavy atom. The zero-order valence-electron chi connectivity index (χ0n) is 11.8.